The molecule has 0 saturated carbocycles. The monoisotopic (exact) mass is 337 g/mol. The summed E-state index contributed by atoms with van der Waals surface area (Å²) in [4.78, 5) is 35.3. The zero-order valence-electron chi connectivity index (χ0n) is 12.6. The molecule has 1 aliphatic heterocycles. The van der Waals surface area contributed by atoms with Gasteiger partial charge < -0.3 is 14.6 Å². The first-order chi connectivity index (χ1) is 10.9. The third kappa shape index (κ3) is 4.04. The van der Waals surface area contributed by atoms with E-state index in [2.05, 4.69) is 0 Å². The van der Waals surface area contributed by atoms with Gasteiger partial charge in [0.1, 0.15) is 0 Å². The molecule has 1 aromatic carbocycles. The van der Waals surface area contributed by atoms with E-state index in [0.29, 0.717) is 28.6 Å². The average Bonchev–Trinajstić information content (AvgIpc) is 2.74. The second-order valence-electron chi connectivity index (χ2n) is 4.56. The molecule has 1 aromatic rings. The molecule has 1 heterocycles. The Morgan fingerprint density at radius 3 is 2.61 bits per heavy atom. The molecule has 1 saturated heterocycles. The summed E-state index contributed by atoms with van der Waals surface area (Å²) in [7, 11) is 1.42. The van der Waals surface area contributed by atoms with E-state index < -0.39 is 12.6 Å². The Labute approximate surface area is 136 Å². The van der Waals surface area contributed by atoms with Crippen molar-refractivity contribution in [1.29, 1.82) is 0 Å². The molecule has 122 valence electrons. The van der Waals surface area contributed by atoms with Gasteiger partial charge in [0.2, 0.25) is 0 Å². The first-order valence-corrected chi connectivity index (χ1v) is 7.57. The zero-order valence-corrected chi connectivity index (χ0v) is 13.4. The number of carboxylic acids is 1. The highest BCUT2D eigenvalue weighted by molar-refractivity contribution is 8.18. The van der Waals surface area contributed by atoms with E-state index in [1.54, 1.807) is 31.2 Å². The van der Waals surface area contributed by atoms with Gasteiger partial charge in [-0.15, -0.1) is 0 Å². The average molecular weight is 337 g/mol. The van der Waals surface area contributed by atoms with Gasteiger partial charge >= 0.3 is 5.97 Å². The van der Waals surface area contributed by atoms with Gasteiger partial charge in [0.15, 0.2) is 18.1 Å². The number of carbonyl (C=O) groups is 3. The third-order valence-electron chi connectivity index (χ3n) is 2.90. The smallest absolute Gasteiger partial charge is 0.341 e. The maximum absolute atomic E-state index is 11.9. The van der Waals surface area contributed by atoms with Crippen LogP contribution in [0.15, 0.2) is 23.1 Å². The molecule has 2 rings (SSSR count). The van der Waals surface area contributed by atoms with Crippen LogP contribution in [-0.4, -0.2) is 47.4 Å². The first kappa shape index (κ1) is 16.9. The van der Waals surface area contributed by atoms with E-state index >= 15 is 0 Å². The molecule has 0 radical (unpaired) electrons. The maximum Gasteiger partial charge on any atom is 0.341 e. The number of nitrogens with zero attached hydrogens (tertiary/aromatic N) is 1. The second kappa shape index (κ2) is 7.19. The van der Waals surface area contributed by atoms with E-state index in [4.69, 9.17) is 14.6 Å². The fourth-order valence-corrected chi connectivity index (χ4v) is 2.67. The van der Waals surface area contributed by atoms with Gasteiger partial charge in [-0.2, -0.15) is 0 Å². The molecule has 1 fully saturated rings. The molecule has 1 N–H and O–H groups in total. The zero-order chi connectivity index (χ0) is 17.0. The maximum atomic E-state index is 11.9. The summed E-state index contributed by atoms with van der Waals surface area (Å²) in [5, 5.41) is 8.34. The fraction of sp³-hybridized carbons (Fsp3) is 0.267. The fourth-order valence-electron chi connectivity index (χ4n) is 1.84. The first-order valence-electron chi connectivity index (χ1n) is 6.75. The molecule has 0 aliphatic carbocycles. The van der Waals surface area contributed by atoms with Crippen LogP contribution >= 0.6 is 11.8 Å². The van der Waals surface area contributed by atoms with Crippen LogP contribution in [0.3, 0.4) is 0 Å². The van der Waals surface area contributed by atoms with Crippen molar-refractivity contribution < 1.29 is 29.0 Å². The Hall–Kier alpha value is -2.48. The number of imide groups is 1. The number of ether oxygens (including phenoxy) is 2. The van der Waals surface area contributed by atoms with E-state index in [-0.39, 0.29) is 11.1 Å². The lowest BCUT2D eigenvalue weighted by Gasteiger charge is -2.11. The van der Waals surface area contributed by atoms with Crippen molar-refractivity contribution in [2.45, 2.75) is 6.92 Å². The molecular weight excluding hydrogens is 322 g/mol. The van der Waals surface area contributed by atoms with Crippen LogP contribution in [0.25, 0.3) is 6.08 Å². The lowest BCUT2D eigenvalue weighted by molar-refractivity contribution is -0.139. The van der Waals surface area contributed by atoms with E-state index in [9.17, 15) is 14.4 Å². The summed E-state index contributed by atoms with van der Waals surface area (Å²) in [5.74, 6) is -0.773. The summed E-state index contributed by atoms with van der Waals surface area (Å²) in [6, 6.07) is 4.85. The van der Waals surface area contributed by atoms with Gasteiger partial charge in [0.25, 0.3) is 11.1 Å². The quantitative estimate of drug-likeness (QED) is 0.795. The predicted octanol–water partition coefficient (Wildman–Crippen LogP) is 2.21. The molecule has 23 heavy (non-hydrogen) atoms. The van der Waals surface area contributed by atoms with Crippen molar-refractivity contribution in [2.24, 2.45) is 0 Å². The van der Waals surface area contributed by atoms with Gasteiger partial charge in [-0.1, -0.05) is 6.07 Å². The molecule has 0 spiro atoms. The van der Waals surface area contributed by atoms with Crippen LogP contribution in [0.1, 0.15) is 12.5 Å². The Morgan fingerprint density at radius 1 is 1.30 bits per heavy atom. The molecule has 7 nitrogen and oxygen atoms in total. The molecule has 0 aromatic heterocycles. The van der Waals surface area contributed by atoms with Crippen molar-refractivity contribution in [3.8, 4) is 11.5 Å². The summed E-state index contributed by atoms with van der Waals surface area (Å²) < 4.78 is 10.6. The highest BCUT2D eigenvalue weighted by atomic mass is 32.2. The van der Waals surface area contributed by atoms with E-state index in [1.165, 1.54) is 7.05 Å². The van der Waals surface area contributed by atoms with Crippen LogP contribution in [0.2, 0.25) is 0 Å². The highest BCUT2D eigenvalue weighted by Crippen LogP contribution is 2.33. The Kier molecular flexibility index (Phi) is 5.28. The van der Waals surface area contributed by atoms with Crippen molar-refractivity contribution >= 4 is 35.0 Å². The number of benzene rings is 1. The van der Waals surface area contributed by atoms with Crippen LogP contribution in [0.4, 0.5) is 4.79 Å². The molecule has 0 unspecified atom stereocenters. The molecule has 0 atom stereocenters. The van der Waals surface area contributed by atoms with Crippen LogP contribution in [0.5, 0.6) is 11.5 Å². The van der Waals surface area contributed by atoms with Crippen molar-refractivity contribution in [1.82, 2.24) is 4.90 Å². The number of hydrogen-bond donors (Lipinski definition) is 1. The number of carbonyl (C=O) groups excluding carboxylic acids is 2. The minimum absolute atomic E-state index is 0.301. The topological polar surface area (TPSA) is 93.1 Å². The predicted molar refractivity (Wildman–Crippen MR) is 84.5 cm³/mol. The summed E-state index contributed by atoms with van der Waals surface area (Å²) in [5.41, 5.74) is 0.648. The number of thioether (sulfide) groups is 1. The number of hydrogen-bond acceptors (Lipinski definition) is 6. The summed E-state index contributed by atoms with van der Waals surface area (Å²) >= 11 is 0.863. The van der Waals surface area contributed by atoms with Crippen LogP contribution in [-0.2, 0) is 9.59 Å². The lowest BCUT2D eigenvalue weighted by atomic mass is 10.2. The molecule has 0 bridgehead atoms. The number of likely N-dealkylation sites (N-methyl/N-ethyl adjacent to an activating group) is 1. The molecule has 2 amide bonds. The van der Waals surface area contributed by atoms with Crippen molar-refractivity contribution in [3.63, 3.8) is 0 Å². The largest absolute Gasteiger partial charge is 0.490 e. The standard InChI is InChI=1S/C15H15NO6S/c1-3-21-11-6-9(4-5-10(11)22-8-13(17)18)7-12-14(19)16(2)15(20)23-12/h4-7H,3,8H2,1-2H3,(H,17,18)/b12-7-. The summed E-state index contributed by atoms with van der Waals surface area (Å²) in [6.07, 6.45) is 1.58. The number of aliphatic carboxylic acids is 1. The van der Waals surface area contributed by atoms with E-state index in [0.717, 1.165) is 16.7 Å². The summed E-state index contributed by atoms with van der Waals surface area (Å²) in [6.45, 7) is 1.68. The lowest BCUT2D eigenvalue weighted by Crippen LogP contribution is -2.22. The van der Waals surface area contributed by atoms with Gasteiger partial charge in [0.05, 0.1) is 11.5 Å². The molecular formula is C15H15NO6S. The minimum Gasteiger partial charge on any atom is -0.490 e. The molecule has 1 aliphatic rings. The van der Waals surface area contributed by atoms with Crippen molar-refractivity contribution in [2.75, 3.05) is 20.3 Å². The van der Waals surface area contributed by atoms with Gasteiger partial charge in [-0.25, -0.2) is 4.79 Å². The Morgan fingerprint density at radius 2 is 2.04 bits per heavy atom. The number of carboxylic acid groups (broad SMARTS) is 1. The highest BCUT2D eigenvalue weighted by Gasteiger charge is 2.31. The normalized spacial score (nSPS) is 16.1. The molecule has 8 heteroatoms. The second-order valence-corrected chi connectivity index (χ2v) is 5.56. The third-order valence-corrected chi connectivity index (χ3v) is 3.86. The van der Waals surface area contributed by atoms with Gasteiger partial charge in [-0.3, -0.25) is 14.5 Å². The minimum atomic E-state index is -1.09. The van der Waals surface area contributed by atoms with Gasteiger partial charge in [-0.05, 0) is 42.5 Å². The van der Waals surface area contributed by atoms with Crippen LogP contribution in [0, 0.1) is 0 Å². The van der Waals surface area contributed by atoms with Crippen LogP contribution < -0.4 is 9.47 Å². The van der Waals surface area contributed by atoms with Gasteiger partial charge in [0, 0.05) is 7.05 Å². The Bertz CT molecular complexity index is 685. The van der Waals surface area contributed by atoms with Crippen molar-refractivity contribution in [3.05, 3.63) is 28.7 Å². The number of rotatable bonds is 6. The SMILES string of the molecule is CCOc1cc(/C=C2\SC(=O)N(C)C2=O)ccc1OCC(=O)O. The van der Waals surface area contributed by atoms with E-state index in [1.807, 2.05) is 0 Å². The Balaban J connectivity index is 2.27. The number of amides is 2.